The van der Waals surface area contributed by atoms with E-state index in [-0.39, 0.29) is 35.7 Å². The van der Waals surface area contributed by atoms with Crippen LogP contribution >= 0.6 is 63.7 Å². The van der Waals surface area contributed by atoms with Gasteiger partial charge in [0.25, 0.3) is 11.8 Å². The van der Waals surface area contributed by atoms with E-state index in [2.05, 4.69) is 63.7 Å². The van der Waals surface area contributed by atoms with E-state index in [9.17, 15) is 19.2 Å². The van der Waals surface area contributed by atoms with E-state index >= 15 is 0 Å². The lowest BCUT2D eigenvalue weighted by Gasteiger charge is -2.20. The molecular weight excluding hydrogens is 780 g/mol. The second kappa shape index (κ2) is 11.4. The largest absolute Gasteiger partial charge is 0.492 e. The molecule has 3 amide bonds. The van der Waals surface area contributed by atoms with Gasteiger partial charge in [0, 0.05) is 30.9 Å². The zero-order chi connectivity index (χ0) is 28.9. The highest BCUT2D eigenvalue weighted by Crippen LogP contribution is 2.46. The van der Waals surface area contributed by atoms with Crippen molar-refractivity contribution in [3.63, 3.8) is 0 Å². The zero-order valence-corrected chi connectivity index (χ0v) is 27.4. The van der Waals surface area contributed by atoms with Crippen LogP contribution in [0.3, 0.4) is 0 Å². The average molecular weight is 800 g/mol. The Balaban J connectivity index is 1.34. The molecule has 0 unspecified atom stereocenters. The molecule has 2 aliphatic rings. The maximum atomic E-state index is 13.4. The third kappa shape index (κ3) is 4.93. The maximum absolute atomic E-state index is 13.4. The first kappa shape index (κ1) is 29.0. The summed E-state index contributed by atoms with van der Waals surface area (Å²) in [5, 5.41) is 0. The highest BCUT2D eigenvalue weighted by Gasteiger charge is 2.42. The molecule has 0 aliphatic carbocycles. The number of anilines is 2. The molecule has 1 saturated heterocycles. The Kier molecular flexibility index (Phi) is 8.24. The van der Waals surface area contributed by atoms with Gasteiger partial charge in [0.2, 0.25) is 5.91 Å². The molecule has 2 aliphatic heterocycles. The van der Waals surface area contributed by atoms with Crippen LogP contribution in [-0.4, -0.2) is 36.8 Å². The molecule has 0 radical (unpaired) electrons. The van der Waals surface area contributed by atoms with Crippen molar-refractivity contribution in [2.75, 3.05) is 23.0 Å². The maximum Gasteiger partial charge on any atom is 0.316 e. The summed E-state index contributed by atoms with van der Waals surface area (Å²) < 4.78 is 13.4. The van der Waals surface area contributed by atoms with Crippen molar-refractivity contribution < 1.29 is 28.7 Å². The predicted octanol–water partition coefficient (Wildman–Crippen LogP) is 7.20. The number of esters is 1. The summed E-state index contributed by atoms with van der Waals surface area (Å²) in [7, 11) is 0. The third-order valence-corrected chi connectivity index (χ3v) is 11.4. The van der Waals surface area contributed by atoms with E-state index < -0.39 is 23.7 Å². The van der Waals surface area contributed by atoms with Crippen molar-refractivity contribution in [2.45, 2.75) is 20.3 Å². The molecule has 0 saturated carbocycles. The highest BCUT2D eigenvalue weighted by molar-refractivity contribution is 9.15. The second-order valence-electron chi connectivity index (χ2n) is 9.13. The van der Waals surface area contributed by atoms with E-state index in [1.807, 2.05) is 19.1 Å². The molecule has 2 heterocycles. The Morgan fingerprint density at radius 2 is 1.52 bits per heavy atom. The SMILES string of the molecule is CCOc1ccccc1N1C[C@@H](C(=O)Oc2ccc(N3C(=O)c4c(Br)c(Br)c(Br)c(Br)c4C3=O)c(C)c2)CC1=O. The molecule has 0 bridgehead atoms. The Morgan fingerprint density at radius 3 is 2.12 bits per heavy atom. The van der Waals surface area contributed by atoms with Gasteiger partial charge in [-0.1, -0.05) is 12.1 Å². The van der Waals surface area contributed by atoms with Crippen LogP contribution in [0, 0.1) is 12.8 Å². The van der Waals surface area contributed by atoms with Crippen LogP contribution < -0.4 is 19.3 Å². The van der Waals surface area contributed by atoms with Crippen LogP contribution in [0.5, 0.6) is 11.5 Å². The Labute approximate surface area is 263 Å². The number of hydrogen-bond donors (Lipinski definition) is 0. The van der Waals surface area contributed by atoms with E-state index in [1.165, 1.54) is 6.07 Å². The van der Waals surface area contributed by atoms with Crippen molar-refractivity contribution in [2.24, 2.45) is 5.92 Å². The fourth-order valence-electron chi connectivity index (χ4n) is 4.77. The number of benzene rings is 3. The van der Waals surface area contributed by atoms with Gasteiger partial charge in [-0.3, -0.25) is 19.2 Å². The molecule has 3 aromatic rings. The smallest absolute Gasteiger partial charge is 0.316 e. The molecule has 5 rings (SSSR count). The van der Waals surface area contributed by atoms with E-state index in [1.54, 1.807) is 36.1 Å². The second-order valence-corrected chi connectivity index (χ2v) is 12.3. The molecule has 206 valence electrons. The number of carbonyl (C=O) groups excluding carboxylic acids is 4. The first-order valence-electron chi connectivity index (χ1n) is 12.1. The normalized spacial score (nSPS) is 16.6. The quantitative estimate of drug-likeness (QED) is 0.0862. The van der Waals surface area contributed by atoms with Crippen LogP contribution in [0.2, 0.25) is 0 Å². The summed E-state index contributed by atoms with van der Waals surface area (Å²) in [5.74, 6) is -1.54. The molecule has 3 aromatic carbocycles. The third-order valence-electron chi connectivity index (χ3n) is 6.64. The van der Waals surface area contributed by atoms with E-state index in [0.717, 1.165) is 4.90 Å². The van der Waals surface area contributed by atoms with Crippen molar-refractivity contribution in [1.82, 2.24) is 0 Å². The standard InChI is InChI=1S/C28H20Br4N2O6/c1-3-39-18-7-5-4-6-17(18)33-12-14(11-19(33)35)28(38)40-15-8-9-16(13(2)10-15)34-26(36)20-21(27(34)37)23(30)25(32)24(31)22(20)29/h4-10,14H,3,11-12H2,1-2H3/t14-/m0/s1. The molecule has 0 N–H and O–H groups in total. The first-order valence-corrected chi connectivity index (χ1v) is 15.3. The zero-order valence-electron chi connectivity index (χ0n) is 21.1. The van der Waals surface area contributed by atoms with Crippen LogP contribution in [0.4, 0.5) is 11.4 Å². The van der Waals surface area contributed by atoms with Gasteiger partial charge < -0.3 is 14.4 Å². The van der Waals surface area contributed by atoms with Crippen LogP contribution in [-0.2, 0) is 9.59 Å². The van der Waals surface area contributed by atoms with Gasteiger partial charge in [-0.25, -0.2) is 4.90 Å². The Morgan fingerprint density at radius 1 is 0.900 bits per heavy atom. The minimum atomic E-state index is -0.662. The molecular formula is C28H20Br4N2O6. The lowest BCUT2D eigenvalue weighted by atomic mass is 10.1. The molecule has 40 heavy (non-hydrogen) atoms. The number of imide groups is 1. The van der Waals surface area contributed by atoms with Crippen molar-refractivity contribution in [3.05, 3.63) is 77.0 Å². The van der Waals surface area contributed by atoms with E-state index in [4.69, 9.17) is 9.47 Å². The van der Waals surface area contributed by atoms with Crippen LogP contribution in [0.25, 0.3) is 0 Å². The van der Waals surface area contributed by atoms with Gasteiger partial charge in [0.15, 0.2) is 0 Å². The number of fused-ring (bicyclic) bond motifs is 1. The van der Waals surface area contributed by atoms with Gasteiger partial charge in [-0.05, 0) is 113 Å². The molecule has 1 fully saturated rings. The van der Waals surface area contributed by atoms with Crippen molar-refractivity contribution >= 4 is 98.8 Å². The predicted molar refractivity (Wildman–Crippen MR) is 163 cm³/mol. The number of para-hydroxylation sites is 2. The average Bonchev–Trinajstić information content (AvgIpc) is 3.44. The number of hydrogen-bond acceptors (Lipinski definition) is 6. The van der Waals surface area contributed by atoms with Crippen molar-refractivity contribution in [1.29, 1.82) is 0 Å². The molecule has 0 spiro atoms. The number of rotatable bonds is 6. The first-order chi connectivity index (χ1) is 19.0. The molecule has 0 aromatic heterocycles. The monoisotopic (exact) mass is 796 g/mol. The minimum Gasteiger partial charge on any atom is -0.492 e. The number of aryl methyl sites for hydroxylation is 1. The summed E-state index contributed by atoms with van der Waals surface area (Å²) in [6.45, 7) is 4.20. The van der Waals surface area contributed by atoms with E-state index in [0.29, 0.717) is 47.2 Å². The summed E-state index contributed by atoms with van der Waals surface area (Å²) >= 11 is 13.7. The highest BCUT2D eigenvalue weighted by atomic mass is 79.9. The molecule has 1 atom stereocenters. The van der Waals surface area contributed by atoms with Gasteiger partial charge in [0.1, 0.15) is 11.5 Å². The lowest BCUT2D eigenvalue weighted by molar-refractivity contribution is -0.139. The van der Waals surface area contributed by atoms with Crippen LogP contribution in [0.1, 0.15) is 39.6 Å². The Bertz CT molecular complexity index is 1560. The number of halogens is 4. The number of ether oxygens (including phenoxy) is 2. The summed E-state index contributed by atoms with van der Waals surface area (Å²) in [6, 6.07) is 11.9. The number of nitrogens with zero attached hydrogens (tertiary/aromatic N) is 2. The summed E-state index contributed by atoms with van der Waals surface area (Å²) in [4.78, 5) is 55.2. The topological polar surface area (TPSA) is 93.2 Å². The van der Waals surface area contributed by atoms with Gasteiger partial charge in [-0.2, -0.15) is 0 Å². The van der Waals surface area contributed by atoms with Gasteiger partial charge in [0.05, 0.1) is 35.0 Å². The summed E-state index contributed by atoms with van der Waals surface area (Å²) in [5.41, 5.74) is 2.02. The Hall–Kier alpha value is -2.54. The van der Waals surface area contributed by atoms with Crippen LogP contribution in [0.15, 0.2) is 60.4 Å². The molecule has 12 heteroatoms. The summed E-state index contributed by atoms with van der Waals surface area (Å²) in [6.07, 6.45) is 0.0142. The fraction of sp³-hybridized carbons (Fsp3) is 0.214. The van der Waals surface area contributed by atoms with Gasteiger partial charge in [-0.15, -0.1) is 0 Å². The lowest BCUT2D eigenvalue weighted by Crippen LogP contribution is -2.30. The number of amides is 3. The minimum absolute atomic E-state index is 0.0142. The number of carbonyl (C=O) groups is 4. The molecule has 8 nitrogen and oxygen atoms in total. The van der Waals surface area contributed by atoms with Gasteiger partial charge >= 0.3 is 5.97 Å². The fourth-order valence-corrected chi connectivity index (χ4v) is 7.22. The van der Waals surface area contributed by atoms with Crippen molar-refractivity contribution in [3.8, 4) is 11.5 Å².